The summed E-state index contributed by atoms with van der Waals surface area (Å²) < 4.78 is 5.88. The van der Waals surface area contributed by atoms with E-state index in [2.05, 4.69) is 47.2 Å². The van der Waals surface area contributed by atoms with Crippen molar-refractivity contribution in [3.8, 4) is 18.2 Å². The molecule has 1 heterocycles. The zero-order chi connectivity index (χ0) is 26.7. The number of pyridine rings is 1. The molecule has 0 spiro atoms. The van der Waals surface area contributed by atoms with Crippen molar-refractivity contribution in [2.45, 2.75) is 17.9 Å². The predicted molar refractivity (Wildman–Crippen MR) is 156 cm³/mol. The first kappa shape index (κ1) is 25.5. The minimum Gasteiger partial charge on any atom is -0.481 e. The Morgan fingerprint density at radius 2 is 1.66 bits per heavy atom. The lowest BCUT2D eigenvalue weighted by Crippen LogP contribution is -2.38. The van der Waals surface area contributed by atoms with Gasteiger partial charge in [-0.3, -0.25) is 0 Å². The Bertz CT molecular complexity index is 1620. The van der Waals surface area contributed by atoms with E-state index in [1.165, 1.54) is 0 Å². The van der Waals surface area contributed by atoms with Crippen molar-refractivity contribution >= 4 is 21.7 Å². The van der Waals surface area contributed by atoms with E-state index < -0.39 is 11.5 Å². The van der Waals surface area contributed by atoms with E-state index in [4.69, 9.17) is 16.1 Å². The number of ether oxygens (including phenoxy) is 1. The lowest BCUT2D eigenvalue weighted by atomic mass is 9.70. The molecule has 1 aromatic heterocycles. The third kappa shape index (κ3) is 4.75. The molecule has 0 radical (unpaired) electrons. The van der Waals surface area contributed by atoms with Gasteiger partial charge in [-0.05, 0) is 66.7 Å². The van der Waals surface area contributed by atoms with Gasteiger partial charge in [0.15, 0.2) is 0 Å². The molecule has 5 aromatic rings. The van der Waals surface area contributed by atoms with Crippen LogP contribution in [0.4, 0.5) is 0 Å². The summed E-state index contributed by atoms with van der Waals surface area (Å²) >= 11 is 0. The molecule has 190 valence electrons. The molecule has 2 atom stereocenters. The van der Waals surface area contributed by atoms with Gasteiger partial charge in [0.2, 0.25) is 5.88 Å². The SMILES string of the molecule is C#Cc1ccc2nc(OC)c(C(c3ccccc3)C(O)(CCN(C)C)c3cccc4ccccc34)cc2c1. The zero-order valence-electron chi connectivity index (χ0n) is 22.1. The van der Waals surface area contributed by atoms with Gasteiger partial charge in [0.1, 0.15) is 5.60 Å². The van der Waals surface area contributed by atoms with Crippen LogP contribution in [-0.2, 0) is 5.60 Å². The minimum atomic E-state index is -1.28. The van der Waals surface area contributed by atoms with Crippen LogP contribution in [0.5, 0.6) is 5.88 Å². The molecule has 4 aromatic carbocycles. The Balaban J connectivity index is 1.84. The molecule has 38 heavy (non-hydrogen) atoms. The average Bonchev–Trinajstić information content (AvgIpc) is 2.95. The Hall–Kier alpha value is -4.17. The van der Waals surface area contributed by atoms with Gasteiger partial charge in [0.25, 0.3) is 0 Å². The van der Waals surface area contributed by atoms with Crippen molar-refractivity contribution in [3.05, 3.63) is 119 Å². The number of fused-ring (bicyclic) bond motifs is 2. The Kier molecular flexibility index (Phi) is 7.15. The summed E-state index contributed by atoms with van der Waals surface area (Å²) in [5, 5.41) is 16.1. The smallest absolute Gasteiger partial charge is 0.217 e. The van der Waals surface area contributed by atoms with Crippen molar-refractivity contribution in [1.82, 2.24) is 9.88 Å². The second-order valence-corrected chi connectivity index (χ2v) is 9.99. The summed E-state index contributed by atoms with van der Waals surface area (Å²) in [5.41, 5.74) is 2.97. The molecule has 0 saturated heterocycles. The molecular formula is C34H32N2O2. The maximum Gasteiger partial charge on any atom is 0.217 e. The van der Waals surface area contributed by atoms with Gasteiger partial charge in [-0.2, -0.15) is 0 Å². The second-order valence-electron chi connectivity index (χ2n) is 9.99. The van der Waals surface area contributed by atoms with E-state index in [0.717, 1.165) is 43.9 Å². The predicted octanol–water partition coefficient (Wildman–Crippen LogP) is 6.35. The number of aliphatic hydroxyl groups is 1. The number of hydrogen-bond acceptors (Lipinski definition) is 4. The van der Waals surface area contributed by atoms with Crippen LogP contribution in [0.2, 0.25) is 0 Å². The molecule has 0 amide bonds. The van der Waals surface area contributed by atoms with Gasteiger partial charge in [0, 0.05) is 29.0 Å². The highest BCUT2D eigenvalue weighted by molar-refractivity contribution is 5.87. The first-order chi connectivity index (χ1) is 18.4. The lowest BCUT2D eigenvalue weighted by Gasteiger charge is -2.39. The topological polar surface area (TPSA) is 45.6 Å². The van der Waals surface area contributed by atoms with Gasteiger partial charge in [-0.15, -0.1) is 6.42 Å². The molecule has 0 fully saturated rings. The Morgan fingerprint density at radius 3 is 2.39 bits per heavy atom. The summed E-state index contributed by atoms with van der Waals surface area (Å²) in [6.45, 7) is 0.688. The monoisotopic (exact) mass is 500 g/mol. The normalized spacial score (nSPS) is 13.8. The van der Waals surface area contributed by atoms with Crippen molar-refractivity contribution in [2.24, 2.45) is 0 Å². The van der Waals surface area contributed by atoms with Gasteiger partial charge in [0.05, 0.1) is 12.6 Å². The van der Waals surface area contributed by atoms with Gasteiger partial charge >= 0.3 is 0 Å². The van der Waals surface area contributed by atoms with E-state index in [1.807, 2.05) is 74.8 Å². The van der Waals surface area contributed by atoms with Crippen molar-refractivity contribution in [1.29, 1.82) is 0 Å². The first-order valence-electron chi connectivity index (χ1n) is 12.8. The van der Waals surface area contributed by atoms with Crippen molar-refractivity contribution in [2.75, 3.05) is 27.7 Å². The van der Waals surface area contributed by atoms with Crippen molar-refractivity contribution < 1.29 is 9.84 Å². The third-order valence-electron chi connectivity index (χ3n) is 7.29. The number of methoxy groups -OCH3 is 1. The number of terminal acetylenes is 1. The first-order valence-corrected chi connectivity index (χ1v) is 12.8. The van der Waals surface area contributed by atoms with Crippen LogP contribution in [0.25, 0.3) is 21.7 Å². The summed E-state index contributed by atoms with van der Waals surface area (Å²) in [7, 11) is 5.69. The van der Waals surface area contributed by atoms with Crippen LogP contribution in [0.15, 0.2) is 97.1 Å². The molecule has 0 saturated carbocycles. The number of aromatic nitrogens is 1. The molecular weight excluding hydrogens is 468 g/mol. The molecule has 0 aliphatic carbocycles. The minimum absolute atomic E-state index is 0.462. The highest BCUT2D eigenvalue weighted by Gasteiger charge is 2.43. The number of benzene rings is 4. The number of hydrogen-bond donors (Lipinski definition) is 1. The molecule has 1 N–H and O–H groups in total. The van der Waals surface area contributed by atoms with Crippen LogP contribution in [0.3, 0.4) is 0 Å². The van der Waals surface area contributed by atoms with E-state index in [9.17, 15) is 5.11 Å². The molecule has 4 nitrogen and oxygen atoms in total. The highest BCUT2D eigenvalue weighted by Crippen LogP contribution is 2.48. The fourth-order valence-corrected chi connectivity index (χ4v) is 5.42. The van der Waals surface area contributed by atoms with E-state index in [0.29, 0.717) is 18.8 Å². The van der Waals surface area contributed by atoms with E-state index in [-0.39, 0.29) is 0 Å². The summed E-state index contributed by atoms with van der Waals surface area (Å²) in [6, 6.07) is 32.4. The Morgan fingerprint density at radius 1 is 0.921 bits per heavy atom. The fraction of sp³-hybridized carbons (Fsp3) is 0.206. The molecule has 2 unspecified atom stereocenters. The van der Waals surface area contributed by atoms with Crippen LogP contribution in [0, 0.1) is 12.3 Å². The second kappa shape index (κ2) is 10.7. The summed E-state index contributed by atoms with van der Waals surface area (Å²) in [4.78, 5) is 6.97. The van der Waals surface area contributed by atoms with E-state index in [1.54, 1.807) is 7.11 Å². The maximum absolute atomic E-state index is 13.0. The largest absolute Gasteiger partial charge is 0.481 e. The fourth-order valence-electron chi connectivity index (χ4n) is 5.42. The summed E-state index contributed by atoms with van der Waals surface area (Å²) in [6.07, 6.45) is 6.21. The maximum atomic E-state index is 13.0. The quantitative estimate of drug-likeness (QED) is 0.252. The van der Waals surface area contributed by atoms with Gasteiger partial charge in [-0.25, -0.2) is 4.98 Å². The average molecular weight is 501 g/mol. The zero-order valence-corrected chi connectivity index (χ0v) is 22.1. The number of rotatable bonds is 8. The van der Waals surface area contributed by atoms with Crippen LogP contribution in [0.1, 0.15) is 34.6 Å². The lowest BCUT2D eigenvalue weighted by molar-refractivity contribution is 0.00520. The molecule has 0 bridgehead atoms. The molecule has 5 rings (SSSR count). The van der Waals surface area contributed by atoms with Crippen LogP contribution >= 0.6 is 0 Å². The Labute approximate surface area is 224 Å². The summed E-state index contributed by atoms with van der Waals surface area (Å²) in [5.74, 6) is 2.75. The van der Waals surface area contributed by atoms with E-state index >= 15 is 0 Å². The van der Waals surface area contributed by atoms with Crippen LogP contribution in [-0.4, -0.2) is 42.7 Å². The van der Waals surface area contributed by atoms with Gasteiger partial charge in [-0.1, -0.05) is 78.7 Å². The van der Waals surface area contributed by atoms with Crippen LogP contribution < -0.4 is 4.74 Å². The number of nitrogens with zero attached hydrogens (tertiary/aromatic N) is 2. The van der Waals surface area contributed by atoms with Crippen molar-refractivity contribution in [3.63, 3.8) is 0 Å². The molecule has 0 aliphatic heterocycles. The highest BCUT2D eigenvalue weighted by atomic mass is 16.5. The molecule has 0 aliphatic rings. The third-order valence-corrected chi connectivity index (χ3v) is 7.29. The molecule has 4 heteroatoms. The van der Waals surface area contributed by atoms with Gasteiger partial charge < -0.3 is 14.7 Å². The standard InChI is InChI=1S/C34H32N2O2/c1-5-24-18-19-31-27(22-24)23-29(33(35-31)38-4)32(26-13-7-6-8-14-26)34(37,20-21-36(2)3)30-17-11-15-25-12-9-10-16-28(25)30/h1,6-19,22-23,32,37H,20-21H2,2-4H3.